The minimum absolute atomic E-state index is 0.135. The van der Waals surface area contributed by atoms with Crippen LogP contribution in [0.2, 0.25) is 0 Å². The molecule has 5 heteroatoms. The summed E-state index contributed by atoms with van der Waals surface area (Å²) in [5.74, 6) is 0.618. The fraction of sp³-hybridized carbons (Fsp3) is 0.364. The Morgan fingerprint density at radius 1 is 1.44 bits per heavy atom. The number of thioether (sulfide) groups is 1. The first-order chi connectivity index (χ1) is 7.42. The van der Waals surface area contributed by atoms with Crippen LogP contribution in [0.1, 0.15) is 11.1 Å². The van der Waals surface area contributed by atoms with Gasteiger partial charge in [-0.15, -0.1) is 11.8 Å². The van der Waals surface area contributed by atoms with Gasteiger partial charge in [0.05, 0.1) is 11.3 Å². The molecule has 0 unspecified atom stereocenters. The van der Waals surface area contributed by atoms with Crippen LogP contribution in [0.4, 0.5) is 0 Å². The van der Waals surface area contributed by atoms with E-state index in [1.54, 1.807) is 0 Å². The molecule has 0 aliphatic carbocycles. The van der Waals surface area contributed by atoms with Crippen molar-refractivity contribution in [3.05, 3.63) is 29.3 Å². The highest BCUT2D eigenvalue weighted by atomic mass is 32.2. The van der Waals surface area contributed by atoms with Crippen molar-refractivity contribution in [2.45, 2.75) is 11.8 Å². The SMILES string of the molecule is Cc1ccc(SCCS(C)(=O)=O)c(C#N)c1. The second-order valence-electron chi connectivity index (χ2n) is 3.59. The topological polar surface area (TPSA) is 57.9 Å². The molecule has 0 saturated heterocycles. The zero-order valence-corrected chi connectivity index (χ0v) is 10.9. The van der Waals surface area contributed by atoms with E-state index < -0.39 is 9.84 Å². The summed E-state index contributed by atoms with van der Waals surface area (Å²) in [4.78, 5) is 0.844. The molecule has 0 aromatic heterocycles. The van der Waals surface area contributed by atoms with E-state index in [2.05, 4.69) is 6.07 Å². The Kier molecular flexibility index (Phi) is 4.39. The molecule has 1 aromatic rings. The normalized spacial score (nSPS) is 11.1. The third-order valence-corrected chi connectivity index (χ3v) is 4.25. The second-order valence-corrected chi connectivity index (χ2v) is 6.99. The van der Waals surface area contributed by atoms with E-state index in [4.69, 9.17) is 5.26 Å². The first kappa shape index (κ1) is 13.1. The van der Waals surface area contributed by atoms with Gasteiger partial charge in [-0.2, -0.15) is 5.26 Å². The van der Waals surface area contributed by atoms with E-state index >= 15 is 0 Å². The molecular formula is C11H13NO2S2. The maximum Gasteiger partial charge on any atom is 0.148 e. The van der Waals surface area contributed by atoms with Crippen LogP contribution in [-0.4, -0.2) is 26.2 Å². The molecule has 0 radical (unpaired) electrons. The molecule has 0 amide bonds. The van der Waals surface area contributed by atoms with Gasteiger partial charge in [0.2, 0.25) is 0 Å². The third kappa shape index (κ3) is 4.25. The summed E-state index contributed by atoms with van der Waals surface area (Å²) < 4.78 is 21.9. The molecule has 0 aliphatic rings. The number of hydrogen-bond acceptors (Lipinski definition) is 4. The molecule has 0 N–H and O–H groups in total. The standard InChI is InChI=1S/C11H13NO2S2/c1-9-3-4-11(10(7-9)8-12)15-5-6-16(2,13)14/h3-4,7H,5-6H2,1-2H3. The van der Waals surface area contributed by atoms with Gasteiger partial charge in [0.1, 0.15) is 15.9 Å². The van der Waals surface area contributed by atoms with E-state index in [9.17, 15) is 8.42 Å². The monoisotopic (exact) mass is 255 g/mol. The summed E-state index contributed by atoms with van der Waals surface area (Å²) in [6.45, 7) is 1.92. The highest BCUT2D eigenvalue weighted by Crippen LogP contribution is 2.23. The Bertz CT molecular complexity index is 515. The maximum absolute atomic E-state index is 11.0. The average molecular weight is 255 g/mol. The Balaban J connectivity index is 2.72. The molecule has 86 valence electrons. The predicted molar refractivity (Wildman–Crippen MR) is 66.3 cm³/mol. The van der Waals surface area contributed by atoms with Crippen LogP contribution in [0.5, 0.6) is 0 Å². The van der Waals surface area contributed by atoms with Crippen LogP contribution in [-0.2, 0) is 9.84 Å². The second kappa shape index (κ2) is 5.37. The number of aryl methyl sites for hydroxylation is 1. The molecule has 1 rings (SSSR count). The van der Waals surface area contributed by atoms with Gasteiger partial charge >= 0.3 is 0 Å². The molecule has 0 heterocycles. The van der Waals surface area contributed by atoms with Crippen molar-refractivity contribution in [3.63, 3.8) is 0 Å². The molecule has 0 fully saturated rings. The lowest BCUT2D eigenvalue weighted by atomic mass is 10.2. The van der Waals surface area contributed by atoms with Gasteiger partial charge in [0.15, 0.2) is 0 Å². The van der Waals surface area contributed by atoms with Gasteiger partial charge in [-0.25, -0.2) is 8.42 Å². The zero-order valence-electron chi connectivity index (χ0n) is 9.23. The van der Waals surface area contributed by atoms with Crippen LogP contribution in [0.25, 0.3) is 0 Å². The fourth-order valence-electron chi connectivity index (χ4n) is 1.16. The van der Waals surface area contributed by atoms with Gasteiger partial charge in [-0.05, 0) is 24.6 Å². The number of sulfone groups is 1. The van der Waals surface area contributed by atoms with Crippen molar-refractivity contribution >= 4 is 21.6 Å². The fourth-order valence-corrected chi connectivity index (χ4v) is 3.35. The van der Waals surface area contributed by atoms with Crippen molar-refractivity contribution in [3.8, 4) is 6.07 Å². The van der Waals surface area contributed by atoms with Crippen LogP contribution in [0.15, 0.2) is 23.1 Å². The summed E-state index contributed by atoms with van der Waals surface area (Å²) in [7, 11) is -2.93. The van der Waals surface area contributed by atoms with Gasteiger partial charge < -0.3 is 0 Å². The molecular weight excluding hydrogens is 242 g/mol. The van der Waals surface area contributed by atoms with Gasteiger partial charge in [0.25, 0.3) is 0 Å². The first-order valence-electron chi connectivity index (χ1n) is 4.73. The van der Waals surface area contributed by atoms with E-state index in [1.165, 1.54) is 18.0 Å². The van der Waals surface area contributed by atoms with Crippen molar-refractivity contribution in [2.24, 2.45) is 0 Å². The Labute approximate surface area is 100 Å². The third-order valence-electron chi connectivity index (χ3n) is 1.97. The van der Waals surface area contributed by atoms with Gasteiger partial charge in [0, 0.05) is 16.9 Å². The summed E-state index contributed by atoms with van der Waals surface area (Å²) in [5.41, 5.74) is 1.64. The van der Waals surface area contributed by atoms with Crippen molar-refractivity contribution in [1.82, 2.24) is 0 Å². The lowest BCUT2D eigenvalue weighted by molar-refractivity contribution is 0.603. The predicted octanol–water partition coefficient (Wildman–Crippen LogP) is 2.00. The zero-order chi connectivity index (χ0) is 12.2. The minimum atomic E-state index is -2.93. The number of benzene rings is 1. The molecule has 3 nitrogen and oxygen atoms in total. The number of nitriles is 1. The lowest BCUT2D eigenvalue weighted by Gasteiger charge is -2.04. The van der Waals surface area contributed by atoms with Gasteiger partial charge in [-0.3, -0.25) is 0 Å². The molecule has 0 aliphatic heterocycles. The van der Waals surface area contributed by atoms with E-state index in [0.29, 0.717) is 11.3 Å². The molecule has 0 saturated carbocycles. The quantitative estimate of drug-likeness (QED) is 0.772. The van der Waals surface area contributed by atoms with E-state index in [1.807, 2.05) is 25.1 Å². The number of hydrogen-bond donors (Lipinski definition) is 0. The molecule has 0 spiro atoms. The van der Waals surface area contributed by atoms with Crippen LogP contribution >= 0.6 is 11.8 Å². The van der Waals surface area contributed by atoms with Gasteiger partial charge in [-0.1, -0.05) is 6.07 Å². The minimum Gasteiger partial charge on any atom is -0.229 e. The summed E-state index contributed by atoms with van der Waals surface area (Å²) >= 11 is 1.41. The Hall–Kier alpha value is -0.990. The summed E-state index contributed by atoms with van der Waals surface area (Å²) in [5, 5.41) is 8.92. The van der Waals surface area contributed by atoms with Crippen molar-refractivity contribution < 1.29 is 8.42 Å². The van der Waals surface area contributed by atoms with E-state index in [-0.39, 0.29) is 5.75 Å². The van der Waals surface area contributed by atoms with Crippen LogP contribution in [0, 0.1) is 18.3 Å². The lowest BCUT2D eigenvalue weighted by Crippen LogP contribution is -2.05. The Morgan fingerprint density at radius 3 is 2.69 bits per heavy atom. The highest BCUT2D eigenvalue weighted by molar-refractivity contribution is 8.00. The van der Waals surface area contributed by atoms with Crippen molar-refractivity contribution in [1.29, 1.82) is 5.26 Å². The first-order valence-corrected chi connectivity index (χ1v) is 7.78. The summed E-state index contributed by atoms with van der Waals surface area (Å²) in [6.07, 6.45) is 1.22. The smallest absolute Gasteiger partial charge is 0.148 e. The largest absolute Gasteiger partial charge is 0.229 e. The molecule has 0 bridgehead atoms. The summed E-state index contributed by atoms with van der Waals surface area (Å²) in [6, 6.07) is 7.70. The van der Waals surface area contributed by atoms with E-state index in [0.717, 1.165) is 10.5 Å². The van der Waals surface area contributed by atoms with Crippen LogP contribution in [0.3, 0.4) is 0 Å². The molecule has 1 aromatic carbocycles. The number of rotatable bonds is 4. The average Bonchev–Trinajstić information content (AvgIpc) is 2.18. The molecule has 16 heavy (non-hydrogen) atoms. The number of nitrogens with zero attached hydrogens (tertiary/aromatic N) is 1. The van der Waals surface area contributed by atoms with Crippen LogP contribution < -0.4 is 0 Å². The highest BCUT2D eigenvalue weighted by Gasteiger charge is 2.06. The molecule has 0 atom stereocenters. The maximum atomic E-state index is 11.0. The van der Waals surface area contributed by atoms with Crippen molar-refractivity contribution in [2.75, 3.05) is 17.8 Å². The Morgan fingerprint density at radius 2 is 2.12 bits per heavy atom.